The zero-order chi connectivity index (χ0) is 8.97. The SMILES string of the molecule is CCCNC1CC(C(=O)OC)C1. The van der Waals surface area contributed by atoms with Crippen LogP contribution in [0.2, 0.25) is 0 Å². The first-order valence-corrected chi connectivity index (χ1v) is 4.59. The molecule has 0 aromatic carbocycles. The molecule has 0 radical (unpaired) electrons. The Labute approximate surface area is 73.5 Å². The molecule has 70 valence electrons. The van der Waals surface area contributed by atoms with Crippen LogP contribution in [0.15, 0.2) is 0 Å². The van der Waals surface area contributed by atoms with Crippen LogP contribution in [0.25, 0.3) is 0 Å². The van der Waals surface area contributed by atoms with Gasteiger partial charge in [-0.15, -0.1) is 0 Å². The van der Waals surface area contributed by atoms with Gasteiger partial charge in [0.2, 0.25) is 0 Å². The second kappa shape index (κ2) is 4.45. The zero-order valence-electron chi connectivity index (χ0n) is 7.80. The molecule has 12 heavy (non-hydrogen) atoms. The number of rotatable bonds is 4. The lowest BCUT2D eigenvalue weighted by atomic mass is 9.80. The Bertz CT molecular complexity index is 153. The van der Waals surface area contributed by atoms with E-state index in [9.17, 15) is 4.79 Å². The van der Waals surface area contributed by atoms with Crippen LogP contribution in [0.5, 0.6) is 0 Å². The molecule has 1 fully saturated rings. The molecule has 3 nitrogen and oxygen atoms in total. The smallest absolute Gasteiger partial charge is 0.308 e. The lowest BCUT2D eigenvalue weighted by Gasteiger charge is -2.33. The first-order valence-electron chi connectivity index (χ1n) is 4.59. The molecule has 0 atom stereocenters. The van der Waals surface area contributed by atoms with Crippen molar-refractivity contribution >= 4 is 5.97 Å². The number of carbonyl (C=O) groups is 1. The Morgan fingerprint density at radius 3 is 2.75 bits per heavy atom. The molecule has 0 aliphatic heterocycles. The Morgan fingerprint density at radius 2 is 2.25 bits per heavy atom. The van der Waals surface area contributed by atoms with E-state index in [0.717, 1.165) is 25.8 Å². The van der Waals surface area contributed by atoms with Gasteiger partial charge in [-0.1, -0.05) is 6.92 Å². The van der Waals surface area contributed by atoms with Gasteiger partial charge in [0.15, 0.2) is 0 Å². The maximum atomic E-state index is 11.0. The molecule has 0 amide bonds. The number of esters is 1. The lowest BCUT2D eigenvalue weighted by molar-refractivity contribution is -0.149. The van der Waals surface area contributed by atoms with Crippen molar-refractivity contribution in [2.24, 2.45) is 5.92 Å². The van der Waals surface area contributed by atoms with Crippen molar-refractivity contribution in [1.29, 1.82) is 0 Å². The Kier molecular flexibility index (Phi) is 3.53. The Morgan fingerprint density at radius 1 is 1.58 bits per heavy atom. The van der Waals surface area contributed by atoms with Gasteiger partial charge >= 0.3 is 5.97 Å². The molecular weight excluding hydrogens is 154 g/mol. The maximum Gasteiger partial charge on any atom is 0.308 e. The first kappa shape index (κ1) is 9.52. The summed E-state index contributed by atoms with van der Waals surface area (Å²) in [7, 11) is 1.45. The molecule has 0 spiro atoms. The summed E-state index contributed by atoms with van der Waals surface area (Å²) in [5.41, 5.74) is 0. The minimum atomic E-state index is -0.0513. The average molecular weight is 171 g/mol. The number of hydrogen-bond donors (Lipinski definition) is 1. The molecular formula is C9H17NO2. The van der Waals surface area contributed by atoms with Crippen LogP contribution in [0.4, 0.5) is 0 Å². The lowest BCUT2D eigenvalue weighted by Crippen LogP contribution is -2.44. The van der Waals surface area contributed by atoms with E-state index in [-0.39, 0.29) is 11.9 Å². The predicted octanol–water partition coefficient (Wildman–Crippen LogP) is 0.938. The van der Waals surface area contributed by atoms with Crippen LogP contribution < -0.4 is 5.32 Å². The van der Waals surface area contributed by atoms with Crippen molar-refractivity contribution in [1.82, 2.24) is 5.32 Å². The number of methoxy groups -OCH3 is 1. The van der Waals surface area contributed by atoms with Gasteiger partial charge in [-0.2, -0.15) is 0 Å². The van der Waals surface area contributed by atoms with E-state index in [1.807, 2.05) is 0 Å². The minimum absolute atomic E-state index is 0.0513. The molecule has 0 heterocycles. The van der Waals surface area contributed by atoms with Gasteiger partial charge in [-0.25, -0.2) is 0 Å². The van der Waals surface area contributed by atoms with Crippen LogP contribution in [0.3, 0.4) is 0 Å². The van der Waals surface area contributed by atoms with E-state index in [0.29, 0.717) is 6.04 Å². The van der Waals surface area contributed by atoms with Crippen molar-refractivity contribution in [3.8, 4) is 0 Å². The number of carbonyl (C=O) groups excluding carboxylic acids is 1. The van der Waals surface area contributed by atoms with Crippen LogP contribution in [-0.2, 0) is 9.53 Å². The molecule has 1 N–H and O–H groups in total. The van der Waals surface area contributed by atoms with E-state index in [4.69, 9.17) is 0 Å². The van der Waals surface area contributed by atoms with Gasteiger partial charge in [-0.05, 0) is 25.8 Å². The molecule has 3 heteroatoms. The standard InChI is InChI=1S/C9H17NO2/c1-3-4-10-8-5-7(6-8)9(11)12-2/h7-8,10H,3-6H2,1-2H3. The predicted molar refractivity (Wildman–Crippen MR) is 46.8 cm³/mol. The number of nitrogens with one attached hydrogen (secondary N) is 1. The summed E-state index contributed by atoms with van der Waals surface area (Å²) in [5, 5.41) is 3.37. The molecule has 0 bridgehead atoms. The van der Waals surface area contributed by atoms with Gasteiger partial charge < -0.3 is 10.1 Å². The molecule has 0 saturated heterocycles. The van der Waals surface area contributed by atoms with Crippen LogP contribution in [0, 0.1) is 5.92 Å². The summed E-state index contributed by atoms with van der Waals surface area (Å²) in [4.78, 5) is 11.0. The highest BCUT2D eigenvalue weighted by Crippen LogP contribution is 2.28. The van der Waals surface area contributed by atoms with Gasteiger partial charge in [0.05, 0.1) is 13.0 Å². The molecule has 0 aromatic heterocycles. The summed E-state index contributed by atoms with van der Waals surface area (Å²) < 4.78 is 4.64. The Balaban J connectivity index is 2.07. The van der Waals surface area contributed by atoms with Crippen LogP contribution in [0.1, 0.15) is 26.2 Å². The van der Waals surface area contributed by atoms with E-state index in [2.05, 4.69) is 17.0 Å². The van der Waals surface area contributed by atoms with Crippen molar-refractivity contribution in [2.45, 2.75) is 32.2 Å². The fourth-order valence-electron chi connectivity index (χ4n) is 1.49. The molecule has 1 saturated carbocycles. The maximum absolute atomic E-state index is 11.0. The summed E-state index contributed by atoms with van der Waals surface area (Å²) in [6.07, 6.45) is 3.05. The summed E-state index contributed by atoms with van der Waals surface area (Å²) >= 11 is 0. The largest absolute Gasteiger partial charge is 0.469 e. The highest BCUT2D eigenvalue weighted by Gasteiger charge is 2.34. The van der Waals surface area contributed by atoms with Gasteiger partial charge in [-0.3, -0.25) is 4.79 Å². The van der Waals surface area contributed by atoms with E-state index in [1.54, 1.807) is 0 Å². The van der Waals surface area contributed by atoms with Crippen LogP contribution >= 0.6 is 0 Å². The highest BCUT2D eigenvalue weighted by atomic mass is 16.5. The molecule has 0 unspecified atom stereocenters. The molecule has 0 aromatic rings. The van der Waals surface area contributed by atoms with E-state index in [1.165, 1.54) is 7.11 Å². The van der Waals surface area contributed by atoms with Gasteiger partial charge in [0.25, 0.3) is 0 Å². The third-order valence-corrected chi connectivity index (χ3v) is 2.36. The third-order valence-electron chi connectivity index (χ3n) is 2.36. The monoisotopic (exact) mass is 171 g/mol. The summed E-state index contributed by atoms with van der Waals surface area (Å²) in [5.74, 6) is 0.105. The van der Waals surface area contributed by atoms with Crippen LogP contribution in [-0.4, -0.2) is 25.7 Å². The number of hydrogen-bond acceptors (Lipinski definition) is 3. The number of ether oxygens (including phenoxy) is 1. The molecule has 1 aliphatic rings. The van der Waals surface area contributed by atoms with Gasteiger partial charge in [0, 0.05) is 6.04 Å². The highest BCUT2D eigenvalue weighted by molar-refractivity contribution is 5.73. The van der Waals surface area contributed by atoms with E-state index < -0.39 is 0 Å². The normalized spacial score (nSPS) is 27.8. The second-order valence-electron chi connectivity index (χ2n) is 3.34. The fraction of sp³-hybridized carbons (Fsp3) is 0.889. The summed E-state index contributed by atoms with van der Waals surface area (Å²) in [6, 6.07) is 0.550. The fourth-order valence-corrected chi connectivity index (χ4v) is 1.49. The average Bonchev–Trinajstić information content (AvgIpc) is 2.01. The Hall–Kier alpha value is -0.570. The van der Waals surface area contributed by atoms with E-state index >= 15 is 0 Å². The minimum Gasteiger partial charge on any atom is -0.469 e. The first-order chi connectivity index (χ1) is 5.77. The van der Waals surface area contributed by atoms with Crippen molar-refractivity contribution < 1.29 is 9.53 Å². The quantitative estimate of drug-likeness (QED) is 0.640. The van der Waals surface area contributed by atoms with Crippen molar-refractivity contribution in [3.63, 3.8) is 0 Å². The zero-order valence-corrected chi connectivity index (χ0v) is 7.80. The topological polar surface area (TPSA) is 38.3 Å². The molecule has 1 aliphatic carbocycles. The second-order valence-corrected chi connectivity index (χ2v) is 3.34. The summed E-state index contributed by atoms with van der Waals surface area (Å²) in [6.45, 7) is 3.20. The molecule has 1 rings (SSSR count). The third kappa shape index (κ3) is 2.21. The van der Waals surface area contributed by atoms with Crippen molar-refractivity contribution in [3.05, 3.63) is 0 Å². The van der Waals surface area contributed by atoms with Crippen molar-refractivity contribution in [2.75, 3.05) is 13.7 Å². The van der Waals surface area contributed by atoms with Gasteiger partial charge in [0.1, 0.15) is 0 Å².